The molecule has 0 radical (unpaired) electrons. The lowest BCUT2D eigenvalue weighted by Crippen LogP contribution is -2.14. The second kappa shape index (κ2) is 8.08. The van der Waals surface area contributed by atoms with E-state index in [2.05, 4.69) is 21.2 Å². The van der Waals surface area contributed by atoms with Crippen LogP contribution in [0.2, 0.25) is 10.0 Å². The van der Waals surface area contributed by atoms with E-state index in [1.807, 2.05) is 24.3 Å². The number of halogens is 3. The normalized spacial score (nSPS) is 10.4. The molecule has 0 aromatic heterocycles. The molecule has 0 aliphatic heterocycles. The van der Waals surface area contributed by atoms with Gasteiger partial charge in [0.1, 0.15) is 0 Å². The van der Waals surface area contributed by atoms with Crippen molar-refractivity contribution in [3.63, 3.8) is 0 Å². The first-order valence-electron chi connectivity index (χ1n) is 6.11. The number of thioether (sulfide) groups is 1. The minimum absolute atomic E-state index is 0.0552. The third-order valence-electron chi connectivity index (χ3n) is 2.59. The lowest BCUT2D eigenvalue weighted by Gasteiger charge is -2.06. The van der Waals surface area contributed by atoms with Gasteiger partial charge in [-0.2, -0.15) is 0 Å². The lowest BCUT2D eigenvalue weighted by molar-refractivity contribution is -0.113. The fraction of sp³-hybridized carbons (Fsp3) is 0.133. The first-order valence-corrected chi connectivity index (χ1v) is 8.82. The summed E-state index contributed by atoms with van der Waals surface area (Å²) in [4.78, 5) is 11.9. The summed E-state index contributed by atoms with van der Waals surface area (Å²) in [6, 6.07) is 13.0. The Hall–Kier alpha value is -0.680. The van der Waals surface area contributed by atoms with Gasteiger partial charge in [-0.3, -0.25) is 4.79 Å². The van der Waals surface area contributed by atoms with E-state index in [9.17, 15) is 4.79 Å². The van der Waals surface area contributed by atoms with Crippen molar-refractivity contribution in [2.75, 3.05) is 11.1 Å². The Kier molecular flexibility index (Phi) is 6.42. The van der Waals surface area contributed by atoms with Crippen molar-refractivity contribution in [1.29, 1.82) is 0 Å². The highest BCUT2D eigenvalue weighted by Crippen LogP contribution is 2.25. The van der Waals surface area contributed by atoms with Gasteiger partial charge in [-0.1, -0.05) is 35.3 Å². The van der Waals surface area contributed by atoms with Crippen molar-refractivity contribution >= 4 is 62.5 Å². The van der Waals surface area contributed by atoms with Crippen LogP contribution in [0.3, 0.4) is 0 Å². The number of carbonyl (C=O) groups is 1. The maximum Gasteiger partial charge on any atom is 0.234 e. The minimum atomic E-state index is -0.0552. The SMILES string of the molecule is O=C(CSCc1cccc(Cl)c1)Nc1ccc(Br)c(Cl)c1. The number of anilines is 1. The van der Waals surface area contributed by atoms with Crippen LogP contribution in [0.4, 0.5) is 5.69 Å². The van der Waals surface area contributed by atoms with E-state index in [0.717, 1.165) is 15.8 Å². The first-order chi connectivity index (χ1) is 10.0. The average Bonchev–Trinajstić information content (AvgIpc) is 2.43. The highest BCUT2D eigenvalue weighted by atomic mass is 79.9. The summed E-state index contributed by atoms with van der Waals surface area (Å²) in [6.45, 7) is 0. The number of carbonyl (C=O) groups excluding carboxylic acids is 1. The van der Waals surface area contributed by atoms with Crippen molar-refractivity contribution in [2.24, 2.45) is 0 Å². The number of hydrogen-bond acceptors (Lipinski definition) is 2. The Bertz CT molecular complexity index is 651. The van der Waals surface area contributed by atoms with E-state index in [1.165, 1.54) is 11.8 Å². The van der Waals surface area contributed by atoms with Crippen LogP contribution in [-0.4, -0.2) is 11.7 Å². The summed E-state index contributed by atoms with van der Waals surface area (Å²) in [5.74, 6) is 1.07. The summed E-state index contributed by atoms with van der Waals surface area (Å²) in [5, 5.41) is 4.10. The number of benzene rings is 2. The van der Waals surface area contributed by atoms with E-state index >= 15 is 0 Å². The summed E-state index contributed by atoms with van der Waals surface area (Å²) in [6.07, 6.45) is 0. The molecule has 0 bridgehead atoms. The van der Waals surface area contributed by atoms with Gasteiger partial charge in [0.25, 0.3) is 0 Å². The highest BCUT2D eigenvalue weighted by Gasteiger charge is 2.05. The molecule has 2 nitrogen and oxygen atoms in total. The quantitative estimate of drug-likeness (QED) is 0.699. The molecule has 0 heterocycles. The number of amides is 1. The fourth-order valence-corrected chi connectivity index (χ4v) is 3.07. The monoisotopic (exact) mass is 403 g/mol. The van der Waals surface area contributed by atoms with Gasteiger partial charge in [-0.25, -0.2) is 0 Å². The molecule has 6 heteroatoms. The Balaban J connectivity index is 1.81. The molecule has 1 N–H and O–H groups in total. The van der Waals surface area contributed by atoms with E-state index < -0.39 is 0 Å². The van der Waals surface area contributed by atoms with Gasteiger partial charge in [0, 0.05) is 20.9 Å². The van der Waals surface area contributed by atoms with E-state index in [1.54, 1.807) is 18.2 Å². The second-order valence-corrected chi connectivity index (χ2v) is 6.98. The predicted octanol–water partition coefficient (Wildman–Crippen LogP) is 5.63. The molecule has 0 unspecified atom stereocenters. The molecule has 21 heavy (non-hydrogen) atoms. The van der Waals surface area contributed by atoms with Crippen LogP contribution in [0.1, 0.15) is 5.56 Å². The third kappa shape index (κ3) is 5.55. The lowest BCUT2D eigenvalue weighted by atomic mass is 10.2. The molecular formula is C15H12BrCl2NOS. The molecule has 0 saturated heterocycles. The molecule has 0 aliphatic carbocycles. The molecule has 0 saturated carbocycles. The van der Waals surface area contributed by atoms with Crippen molar-refractivity contribution in [3.05, 3.63) is 62.5 Å². The van der Waals surface area contributed by atoms with Crippen LogP contribution in [0, 0.1) is 0 Å². The van der Waals surface area contributed by atoms with Crippen LogP contribution in [-0.2, 0) is 10.5 Å². The van der Waals surface area contributed by atoms with Crippen LogP contribution in [0.5, 0.6) is 0 Å². The summed E-state index contributed by atoms with van der Waals surface area (Å²) in [5.41, 5.74) is 1.79. The maximum absolute atomic E-state index is 11.9. The van der Waals surface area contributed by atoms with Gasteiger partial charge < -0.3 is 5.32 Å². The molecule has 1 amide bonds. The van der Waals surface area contributed by atoms with Crippen LogP contribution < -0.4 is 5.32 Å². The van der Waals surface area contributed by atoms with Crippen molar-refractivity contribution in [3.8, 4) is 0 Å². The third-order valence-corrected chi connectivity index (χ3v) is 5.07. The Labute approximate surface area is 146 Å². The van der Waals surface area contributed by atoms with E-state index in [4.69, 9.17) is 23.2 Å². The van der Waals surface area contributed by atoms with E-state index in [-0.39, 0.29) is 5.91 Å². The zero-order chi connectivity index (χ0) is 15.2. The topological polar surface area (TPSA) is 29.1 Å². The Morgan fingerprint density at radius 1 is 1.19 bits per heavy atom. The zero-order valence-corrected chi connectivity index (χ0v) is 14.8. The first kappa shape index (κ1) is 16.7. The molecule has 2 aromatic rings. The average molecular weight is 405 g/mol. The maximum atomic E-state index is 11.9. The van der Waals surface area contributed by atoms with E-state index in [0.29, 0.717) is 21.5 Å². The van der Waals surface area contributed by atoms with Gasteiger partial charge in [-0.05, 0) is 51.8 Å². The van der Waals surface area contributed by atoms with Crippen LogP contribution in [0.25, 0.3) is 0 Å². The van der Waals surface area contributed by atoms with Gasteiger partial charge in [-0.15, -0.1) is 11.8 Å². The van der Waals surface area contributed by atoms with Crippen molar-refractivity contribution in [1.82, 2.24) is 0 Å². The summed E-state index contributed by atoms with van der Waals surface area (Å²) in [7, 11) is 0. The van der Waals surface area contributed by atoms with Crippen molar-refractivity contribution in [2.45, 2.75) is 5.75 Å². The minimum Gasteiger partial charge on any atom is -0.325 e. The molecule has 2 rings (SSSR count). The molecule has 2 aromatic carbocycles. The van der Waals surface area contributed by atoms with Gasteiger partial charge in [0.15, 0.2) is 0 Å². The van der Waals surface area contributed by atoms with Gasteiger partial charge >= 0.3 is 0 Å². The second-order valence-electron chi connectivity index (χ2n) is 4.30. The standard InChI is InChI=1S/C15H12BrCl2NOS/c16-13-5-4-12(7-14(13)18)19-15(20)9-21-8-10-2-1-3-11(17)6-10/h1-7H,8-9H2,(H,19,20). The molecule has 0 atom stereocenters. The molecule has 0 aliphatic rings. The number of hydrogen-bond donors (Lipinski definition) is 1. The molecule has 0 fully saturated rings. The number of rotatable bonds is 5. The zero-order valence-electron chi connectivity index (χ0n) is 10.9. The molecular weight excluding hydrogens is 393 g/mol. The molecule has 0 spiro atoms. The fourth-order valence-electron chi connectivity index (χ4n) is 1.66. The van der Waals surface area contributed by atoms with Gasteiger partial charge in [0.05, 0.1) is 10.8 Å². The Morgan fingerprint density at radius 3 is 2.71 bits per heavy atom. The summed E-state index contributed by atoms with van der Waals surface area (Å²) < 4.78 is 0.803. The smallest absolute Gasteiger partial charge is 0.234 e. The largest absolute Gasteiger partial charge is 0.325 e. The van der Waals surface area contributed by atoms with Gasteiger partial charge in [0.2, 0.25) is 5.91 Å². The van der Waals surface area contributed by atoms with Crippen molar-refractivity contribution < 1.29 is 4.79 Å². The van der Waals surface area contributed by atoms with Crippen LogP contribution in [0.15, 0.2) is 46.9 Å². The summed E-state index contributed by atoms with van der Waals surface area (Å²) >= 11 is 16.7. The predicted molar refractivity (Wildman–Crippen MR) is 95.4 cm³/mol. The van der Waals surface area contributed by atoms with Crippen LogP contribution >= 0.6 is 50.9 Å². The number of nitrogens with one attached hydrogen (secondary N) is 1. The Morgan fingerprint density at radius 2 is 2.00 bits per heavy atom. The molecule has 110 valence electrons. The highest BCUT2D eigenvalue weighted by molar-refractivity contribution is 9.10.